The van der Waals surface area contributed by atoms with E-state index in [9.17, 15) is 9.90 Å². The van der Waals surface area contributed by atoms with E-state index >= 15 is 0 Å². The molecule has 5 heteroatoms. The summed E-state index contributed by atoms with van der Waals surface area (Å²) in [6.45, 7) is 3.71. The number of carbonyl (C=O) groups is 1. The fourth-order valence-electron chi connectivity index (χ4n) is 2.15. The van der Waals surface area contributed by atoms with Crippen LogP contribution in [0.15, 0.2) is 12.1 Å². The van der Waals surface area contributed by atoms with Crippen molar-refractivity contribution in [2.24, 2.45) is 0 Å². The largest absolute Gasteiger partial charge is 0.507 e. The van der Waals surface area contributed by atoms with Crippen LogP contribution in [0.5, 0.6) is 5.75 Å². The second kappa shape index (κ2) is 5.20. The minimum atomic E-state index is -0.799. The van der Waals surface area contributed by atoms with Gasteiger partial charge in [-0.3, -0.25) is 10.1 Å². The molecule has 2 atom stereocenters. The molecule has 0 aliphatic carbocycles. The Kier molecular flexibility index (Phi) is 3.82. The highest BCUT2D eigenvalue weighted by Crippen LogP contribution is 2.34. The van der Waals surface area contributed by atoms with Crippen LogP contribution in [0.1, 0.15) is 28.5 Å². The predicted molar refractivity (Wildman–Crippen MR) is 72.0 cm³/mol. The molecule has 4 nitrogen and oxygen atoms in total. The monoisotopic (exact) mass is 267 g/mol. The molecule has 0 radical (unpaired) electrons. The molecule has 1 aromatic rings. The summed E-state index contributed by atoms with van der Waals surface area (Å²) in [4.78, 5) is 11.0. The van der Waals surface area contributed by atoms with E-state index in [1.165, 1.54) is 0 Å². The van der Waals surface area contributed by atoms with Crippen molar-refractivity contribution >= 4 is 17.7 Å². The average Bonchev–Trinajstić information content (AvgIpc) is 2.35. The average molecular weight is 267 g/mol. The number of benzene rings is 1. The molecular weight excluding hydrogens is 250 g/mol. The standard InChI is InChI=1S/C13H17NO3S/c1-7-5-9(6-8(2)11(7)15)12-14-10(13(16)17)3-4-18-12/h5-6,10,12,14-15H,3-4H2,1-2H3,(H,16,17). The number of aliphatic carboxylic acids is 1. The Morgan fingerprint density at radius 2 is 2.00 bits per heavy atom. The molecule has 0 aromatic heterocycles. The Bertz CT molecular complexity index is 452. The van der Waals surface area contributed by atoms with Gasteiger partial charge in [0.2, 0.25) is 0 Å². The number of aryl methyl sites for hydroxylation is 2. The highest BCUT2D eigenvalue weighted by Gasteiger charge is 2.27. The molecule has 3 N–H and O–H groups in total. The van der Waals surface area contributed by atoms with Gasteiger partial charge < -0.3 is 10.2 Å². The van der Waals surface area contributed by atoms with Crippen molar-refractivity contribution in [3.63, 3.8) is 0 Å². The zero-order valence-corrected chi connectivity index (χ0v) is 11.3. The molecule has 1 aliphatic heterocycles. The molecule has 1 fully saturated rings. The van der Waals surface area contributed by atoms with Gasteiger partial charge in [-0.15, -0.1) is 11.8 Å². The maximum atomic E-state index is 11.0. The number of aromatic hydroxyl groups is 1. The van der Waals surface area contributed by atoms with Crippen LogP contribution in [0.2, 0.25) is 0 Å². The van der Waals surface area contributed by atoms with E-state index in [0.29, 0.717) is 12.2 Å². The van der Waals surface area contributed by atoms with Gasteiger partial charge in [0.1, 0.15) is 11.8 Å². The van der Waals surface area contributed by atoms with Crippen LogP contribution >= 0.6 is 11.8 Å². The Balaban J connectivity index is 2.23. The molecule has 18 heavy (non-hydrogen) atoms. The number of hydrogen-bond donors (Lipinski definition) is 3. The number of carboxylic acid groups (broad SMARTS) is 1. The van der Waals surface area contributed by atoms with Crippen molar-refractivity contribution < 1.29 is 15.0 Å². The highest BCUT2D eigenvalue weighted by atomic mass is 32.2. The first-order chi connectivity index (χ1) is 8.49. The lowest BCUT2D eigenvalue weighted by atomic mass is 10.0. The number of nitrogens with one attached hydrogen (secondary N) is 1. The van der Waals surface area contributed by atoms with Gasteiger partial charge in [-0.05, 0) is 54.8 Å². The molecule has 0 spiro atoms. The lowest BCUT2D eigenvalue weighted by Gasteiger charge is -2.29. The summed E-state index contributed by atoms with van der Waals surface area (Å²) in [7, 11) is 0. The van der Waals surface area contributed by atoms with Crippen LogP contribution in [0.25, 0.3) is 0 Å². The summed E-state index contributed by atoms with van der Waals surface area (Å²) >= 11 is 1.70. The van der Waals surface area contributed by atoms with Crippen LogP contribution < -0.4 is 5.32 Å². The number of thioether (sulfide) groups is 1. The number of phenols is 1. The van der Waals surface area contributed by atoms with Crippen molar-refractivity contribution in [2.45, 2.75) is 31.7 Å². The summed E-state index contributed by atoms with van der Waals surface area (Å²) in [5, 5.41) is 21.9. The molecule has 2 rings (SSSR count). The summed E-state index contributed by atoms with van der Waals surface area (Å²) in [5.74, 6) is 0.343. The van der Waals surface area contributed by atoms with Crippen molar-refractivity contribution in [3.05, 3.63) is 28.8 Å². The third-order valence-electron chi connectivity index (χ3n) is 3.16. The van der Waals surface area contributed by atoms with Gasteiger partial charge in [-0.2, -0.15) is 0 Å². The molecule has 1 saturated heterocycles. The second-order valence-corrected chi connectivity index (χ2v) is 5.81. The Labute approximate surface area is 110 Å². The van der Waals surface area contributed by atoms with E-state index in [0.717, 1.165) is 22.4 Å². The van der Waals surface area contributed by atoms with Crippen molar-refractivity contribution in [1.29, 1.82) is 0 Å². The van der Waals surface area contributed by atoms with Crippen LogP contribution in [-0.2, 0) is 4.79 Å². The van der Waals surface area contributed by atoms with E-state index in [-0.39, 0.29) is 5.37 Å². The summed E-state index contributed by atoms with van der Waals surface area (Å²) in [6.07, 6.45) is 0.645. The summed E-state index contributed by atoms with van der Waals surface area (Å²) in [6, 6.07) is 3.35. The third kappa shape index (κ3) is 2.62. The zero-order chi connectivity index (χ0) is 13.3. The number of carboxylic acids is 1. The molecular formula is C13H17NO3S. The van der Waals surface area contributed by atoms with Crippen LogP contribution in [-0.4, -0.2) is 28.0 Å². The number of phenolic OH excluding ortho intramolecular Hbond substituents is 1. The van der Waals surface area contributed by atoms with E-state index in [1.807, 2.05) is 26.0 Å². The van der Waals surface area contributed by atoms with E-state index in [1.54, 1.807) is 11.8 Å². The summed E-state index contributed by atoms with van der Waals surface area (Å²) in [5.41, 5.74) is 2.67. The van der Waals surface area contributed by atoms with Gasteiger partial charge in [0.25, 0.3) is 0 Å². The summed E-state index contributed by atoms with van der Waals surface area (Å²) < 4.78 is 0. The topological polar surface area (TPSA) is 69.6 Å². The zero-order valence-electron chi connectivity index (χ0n) is 10.4. The van der Waals surface area contributed by atoms with Crippen LogP contribution in [0, 0.1) is 13.8 Å². The van der Waals surface area contributed by atoms with E-state index < -0.39 is 12.0 Å². The predicted octanol–water partition coefficient (Wildman–Crippen LogP) is 2.19. The maximum Gasteiger partial charge on any atom is 0.320 e. The fraction of sp³-hybridized carbons (Fsp3) is 0.462. The van der Waals surface area contributed by atoms with Gasteiger partial charge in [0.15, 0.2) is 0 Å². The first-order valence-electron chi connectivity index (χ1n) is 5.89. The Hall–Kier alpha value is -1.20. The molecule has 0 bridgehead atoms. The van der Waals surface area contributed by atoms with Crippen molar-refractivity contribution in [2.75, 3.05) is 5.75 Å². The Morgan fingerprint density at radius 1 is 1.39 bits per heavy atom. The molecule has 0 saturated carbocycles. The molecule has 98 valence electrons. The van der Waals surface area contributed by atoms with Gasteiger partial charge >= 0.3 is 5.97 Å². The minimum absolute atomic E-state index is 0.0159. The maximum absolute atomic E-state index is 11.0. The number of rotatable bonds is 2. The molecule has 1 aliphatic rings. The van der Waals surface area contributed by atoms with Gasteiger partial charge in [-0.25, -0.2) is 0 Å². The van der Waals surface area contributed by atoms with Crippen molar-refractivity contribution in [3.8, 4) is 5.75 Å². The normalized spacial score (nSPS) is 23.9. The molecule has 2 unspecified atom stereocenters. The van der Waals surface area contributed by atoms with Gasteiger partial charge in [0.05, 0.1) is 5.37 Å². The quantitative estimate of drug-likeness (QED) is 0.766. The van der Waals surface area contributed by atoms with Crippen molar-refractivity contribution in [1.82, 2.24) is 5.32 Å². The second-order valence-electron chi connectivity index (χ2n) is 4.60. The molecule has 1 heterocycles. The van der Waals surface area contributed by atoms with Crippen LogP contribution in [0.3, 0.4) is 0 Å². The highest BCUT2D eigenvalue weighted by molar-refractivity contribution is 7.99. The first-order valence-corrected chi connectivity index (χ1v) is 6.94. The lowest BCUT2D eigenvalue weighted by molar-refractivity contribution is -0.139. The smallest absolute Gasteiger partial charge is 0.320 e. The molecule has 1 aromatic carbocycles. The Morgan fingerprint density at radius 3 is 2.56 bits per heavy atom. The van der Waals surface area contributed by atoms with Gasteiger partial charge in [-0.1, -0.05) is 0 Å². The first kappa shape index (κ1) is 13.2. The molecule has 0 amide bonds. The van der Waals surface area contributed by atoms with E-state index in [2.05, 4.69) is 5.32 Å². The SMILES string of the molecule is Cc1cc(C2NC(C(=O)O)CCS2)cc(C)c1O. The third-order valence-corrected chi connectivity index (χ3v) is 4.37. The fourth-order valence-corrected chi connectivity index (χ4v) is 3.34. The minimum Gasteiger partial charge on any atom is -0.507 e. The number of hydrogen-bond acceptors (Lipinski definition) is 4. The van der Waals surface area contributed by atoms with E-state index in [4.69, 9.17) is 5.11 Å². The van der Waals surface area contributed by atoms with Crippen LogP contribution in [0.4, 0.5) is 0 Å². The van der Waals surface area contributed by atoms with Gasteiger partial charge in [0, 0.05) is 0 Å². The lowest BCUT2D eigenvalue weighted by Crippen LogP contribution is -2.41.